The molecule has 5 nitrogen and oxygen atoms in total. The van der Waals surface area contributed by atoms with Crippen LogP contribution in [0.2, 0.25) is 0 Å². The van der Waals surface area contributed by atoms with E-state index in [4.69, 9.17) is 5.11 Å². The molecule has 1 aromatic heterocycles. The highest BCUT2D eigenvalue weighted by Crippen LogP contribution is 2.14. The summed E-state index contributed by atoms with van der Waals surface area (Å²) in [4.78, 5) is 25.4. The Hall–Kier alpha value is -2.84. The summed E-state index contributed by atoms with van der Waals surface area (Å²) in [6, 6.07) is 9.74. The summed E-state index contributed by atoms with van der Waals surface area (Å²) in [6.07, 6.45) is 1.35. The number of anilines is 1. The minimum atomic E-state index is -0.348. The highest BCUT2D eigenvalue weighted by molar-refractivity contribution is 6.04. The molecule has 0 atom stereocenters. The Kier molecular flexibility index (Phi) is 4.32. The van der Waals surface area contributed by atoms with E-state index in [-0.39, 0.29) is 18.1 Å². The summed E-state index contributed by atoms with van der Waals surface area (Å²) in [5.41, 5.74) is 1.23. The number of para-hydroxylation sites is 1. The first-order valence-corrected chi connectivity index (χ1v) is 5.89. The molecular formula is C15H12N2O3. The van der Waals surface area contributed by atoms with E-state index >= 15 is 0 Å². The summed E-state index contributed by atoms with van der Waals surface area (Å²) in [5.74, 6) is 4.94. The Labute approximate surface area is 115 Å². The van der Waals surface area contributed by atoms with Crippen LogP contribution in [-0.2, 0) is 0 Å². The van der Waals surface area contributed by atoms with Crippen LogP contribution in [-0.4, -0.2) is 22.6 Å². The normalized spacial score (nSPS) is 9.45. The van der Waals surface area contributed by atoms with Crippen LogP contribution in [0.4, 0.5) is 5.69 Å². The lowest BCUT2D eigenvalue weighted by atomic mass is 10.1. The Morgan fingerprint density at radius 1 is 1.25 bits per heavy atom. The molecule has 0 saturated heterocycles. The van der Waals surface area contributed by atoms with Crippen molar-refractivity contribution in [2.24, 2.45) is 0 Å². The van der Waals surface area contributed by atoms with Gasteiger partial charge in [-0.3, -0.25) is 9.59 Å². The molecule has 1 heterocycles. The molecule has 0 saturated carbocycles. The van der Waals surface area contributed by atoms with Gasteiger partial charge in [0.15, 0.2) is 0 Å². The zero-order chi connectivity index (χ0) is 14.4. The molecule has 0 spiro atoms. The molecule has 0 bridgehead atoms. The van der Waals surface area contributed by atoms with Gasteiger partial charge in [0, 0.05) is 17.8 Å². The van der Waals surface area contributed by atoms with Crippen molar-refractivity contribution >= 4 is 11.6 Å². The van der Waals surface area contributed by atoms with Crippen molar-refractivity contribution in [3.05, 3.63) is 64.1 Å². The minimum Gasteiger partial charge on any atom is -0.384 e. The number of amides is 1. The molecule has 1 aromatic carbocycles. The molecule has 0 radical (unpaired) electrons. The SMILES string of the molecule is O=C(Nc1ccccc1C#CCO)c1ccc(=O)[nH]c1. The van der Waals surface area contributed by atoms with E-state index in [2.05, 4.69) is 22.1 Å². The van der Waals surface area contributed by atoms with E-state index in [1.807, 2.05) is 0 Å². The van der Waals surface area contributed by atoms with Crippen molar-refractivity contribution < 1.29 is 9.90 Å². The first-order valence-electron chi connectivity index (χ1n) is 5.89. The van der Waals surface area contributed by atoms with Crippen LogP contribution in [0.25, 0.3) is 0 Å². The lowest BCUT2D eigenvalue weighted by molar-refractivity contribution is 0.102. The van der Waals surface area contributed by atoms with Crippen molar-refractivity contribution in [1.82, 2.24) is 4.98 Å². The maximum atomic E-state index is 12.0. The Morgan fingerprint density at radius 2 is 2.05 bits per heavy atom. The van der Waals surface area contributed by atoms with Crippen LogP contribution in [0.1, 0.15) is 15.9 Å². The third kappa shape index (κ3) is 3.34. The van der Waals surface area contributed by atoms with E-state index in [1.165, 1.54) is 18.3 Å². The van der Waals surface area contributed by atoms with E-state index < -0.39 is 0 Å². The molecule has 20 heavy (non-hydrogen) atoms. The number of carbonyl (C=O) groups excluding carboxylic acids is 1. The number of carbonyl (C=O) groups is 1. The van der Waals surface area contributed by atoms with Crippen LogP contribution in [0.15, 0.2) is 47.4 Å². The van der Waals surface area contributed by atoms with E-state index in [0.717, 1.165) is 0 Å². The van der Waals surface area contributed by atoms with Crippen LogP contribution in [0, 0.1) is 11.8 Å². The monoisotopic (exact) mass is 268 g/mol. The number of H-pyrrole nitrogens is 1. The van der Waals surface area contributed by atoms with Gasteiger partial charge in [-0.15, -0.1) is 0 Å². The molecule has 100 valence electrons. The number of rotatable bonds is 2. The summed E-state index contributed by atoms with van der Waals surface area (Å²) in [6.45, 7) is -0.248. The van der Waals surface area contributed by atoms with E-state index in [0.29, 0.717) is 16.8 Å². The number of pyridine rings is 1. The number of hydrogen-bond acceptors (Lipinski definition) is 3. The van der Waals surface area contributed by atoms with E-state index in [9.17, 15) is 9.59 Å². The fraction of sp³-hybridized carbons (Fsp3) is 0.0667. The zero-order valence-corrected chi connectivity index (χ0v) is 10.5. The summed E-state index contributed by atoms with van der Waals surface area (Å²) < 4.78 is 0. The van der Waals surface area contributed by atoms with Crippen molar-refractivity contribution in [3.63, 3.8) is 0 Å². The minimum absolute atomic E-state index is 0.248. The zero-order valence-electron chi connectivity index (χ0n) is 10.5. The van der Waals surface area contributed by atoms with Gasteiger partial charge in [-0.05, 0) is 18.2 Å². The second kappa shape index (κ2) is 6.36. The first kappa shape index (κ1) is 13.6. The first-order chi connectivity index (χ1) is 9.70. The molecule has 0 aliphatic heterocycles. The van der Waals surface area contributed by atoms with Crippen LogP contribution in [0.3, 0.4) is 0 Å². The van der Waals surface area contributed by atoms with Gasteiger partial charge in [0.25, 0.3) is 5.91 Å². The van der Waals surface area contributed by atoms with Crippen molar-refractivity contribution in [2.45, 2.75) is 0 Å². The van der Waals surface area contributed by atoms with Gasteiger partial charge < -0.3 is 15.4 Å². The Balaban J connectivity index is 2.23. The number of hydrogen-bond donors (Lipinski definition) is 3. The second-order valence-electron chi connectivity index (χ2n) is 3.90. The quantitative estimate of drug-likeness (QED) is 0.710. The van der Waals surface area contributed by atoms with Gasteiger partial charge in [-0.1, -0.05) is 24.0 Å². The summed E-state index contributed by atoms with van der Waals surface area (Å²) in [7, 11) is 0. The van der Waals surface area contributed by atoms with E-state index in [1.54, 1.807) is 24.3 Å². The number of benzene rings is 1. The number of aromatic nitrogens is 1. The molecular weight excluding hydrogens is 256 g/mol. The average Bonchev–Trinajstić information content (AvgIpc) is 2.47. The number of aliphatic hydroxyl groups excluding tert-OH is 1. The molecule has 0 unspecified atom stereocenters. The molecule has 5 heteroatoms. The maximum Gasteiger partial charge on any atom is 0.257 e. The fourth-order valence-corrected chi connectivity index (χ4v) is 1.58. The third-order valence-corrected chi connectivity index (χ3v) is 2.52. The van der Waals surface area contributed by atoms with Gasteiger partial charge in [0.1, 0.15) is 6.61 Å². The average molecular weight is 268 g/mol. The highest BCUT2D eigenvalue weighted by Gasteiger charge is 2.07. The number of nitrogens with one attached hydrogen (secondary N) is 2. The molecule has 0 aliphatic carbocycles. The summed E-state index contributed by atoms with van der Waals surface area (Å²) in [5, 5.41) is 11.4. The fourth-order valence-electron chi connectivity index (χ4n) is 1.58. The third-order valence-electron chi connectivity index (χ3n) is 2.52. The molecule has 0 fully saturated rings. The topological polar surface area (TPSA) is 82.2 Å². The van der Waals surface area contributed by atoms with Gasteiger partial charge in [-0.2, -0.15) is 0 Å². The Morgan fingerprint density at radius 3 is 2.75 bits per heavy atom. The second-order valence-corrected chi connectivity index (χ2v) is 3.90. The van der Waals surface area contributed by atoms with Gasteiger partial charge >= 0.3 is 0 Å². The lowest BCUT2D eigenvalue weighted by Crippen LogP contribution is -2.15. The van der Waals surface area contributed by atoms with Gasteiger partial charge in [-0.25, -0.2) is 0 Å². The predicted octanol–water partition coefficient (Wildman–Crippen LogP) is 0.971. The van der Waals surface area contributed by atoms with Crippen molar-refractivity contribution in [2.75, 3.05) is 11.9 Å². The molecule has 2 aromatic rings. The van der Waals surface area contributed by atoms with Gasteiger partial charge in [0.2, 0.25) is 5.56 Å². The molecule has 3 N–H and O–H groups in total. The smallest absolute Gasteiger partial charge is 0.257 e. The van der Waals surface area contributed by atoms with Crippen LogP contribution < -0.4 is 10.9 Å². The maximum absolute atomic E-state index is 12.0. The molecule has 2 rings (SSSR count). The largest absolute Gasteiger partial charge is 0.384 e. The highest BCUT2D eigenvalue weighted by atomic mass is 16.2. The van der Waals surface area contributed by atoms with Crippen LogP contribution in [0.5, 0.6) is 0 Å². The standard InChI is InChI=1S/C15H12N2O3/c18-9-3-5-11-4-1-2-6-13(11)17-15(20)12-7-8-14(19)16-10-12/h1-2,4,6-8,10,18H,9H2,(H,16,19)(H,17,20). The Bertz CT molecular complexity index is 718. The lowest BCUT2D eigenvalue weighted by Gasteiger charge is -2.07. The predicted molar refractivity (Wildman–Crippen MR) is 75.4 cm³/mol. The van der Waals surface area contributed by atoms with Crippen LogP contribution >= 0.6 is 0 Å². The van der Waals surface area contributed by atoms with Crippen molar-refractivity contribution in [1.29, 1.82) is 0 Å². The summed E-state index contributed by atoms with van der Waals surface area (Å²) >= 11 is 0. The van der Waals surface area contributed by atoms with Gasteiger partial charge in [0.05, 0.1) is 11.3 Å². The molecule has 1 amide bonds. The number of aliphatic hydroxyl groups is 1. The molecule has 0 aliphatic rings. The number of aromatic amines is 1. The van der Waals surface area contributed by atoms with Crippen molar-refractivity contribution in [3.8, 4) is 11.8 Å².